The molecule has 0 N–H and O–H groups in total. The zero-order valence-corrected chi connectivity index (χ0v) is 26.5. The zero-order chi connectivity index (χ0) is 31.1. The molecule has 0 heterocycles. The highest BCUT2D eigenvalue weighted by molar-refractivity contribution is 6.26. The van der Waals surface area contributed by atoms with Crippen LogP contribution in [0.3, 0.4) is 0 Å². The van der Waals surface area contributed by atoms with Gasteiger partial charge in [-0.05, 0) is 146 Å². The van der Waals surface area contributed by atoms with Crippen molar-refractivity contribution in [3.63, 3.8) is 0 Å². The molecule has 0 unspecified atom stereocenters. The molecule has 0 fully saturated rings. The normalized spacial score (nSPS) is 13.9. The van der Waals surface area contributed by atoms with E-state index in [2.05, 4.69) is 133 Å². The van der Waals surface area contributed by atoms with E-state index in [-0.39, 0.29) is 0 Å². The molecule has 10 aromatic carbocycles. The first-order chi connectivity index (χ1) is 23.8. The maximum atomic E-state index is 2.53. The average Bonchev–Trinajstić information content (AvgIpc) is 3.14. The summed E-state index contributed by atoms with van der Waals surface area (Å²) in [6.07, 6.45) is 4.37. The third-order valence-corrected chi connectivity index (χ3v) is 11.9. The van der Waals surface area contributed by atoms with E-state index in [4.69, 9.17) is 0 Å². The fourth-order valence-corrected chi connectivity index (χ4v) is 9.79. The molecule has 0 saturated carbocycles. The summed E-state index contributed by atoms with van der Waals surface area (Å²) < 4.78 is 0. The third-order valence-electron chi connectivity index (χ3n) is 11.9. The van der Waals surface area contributed by atoms with Crippen LogP contribution in [0.4, 0.5) is 0 Å². The Morgan fingerprint density at radius 1 is 0.292 bits per heavy atom. The minimum absolute atomic E-state index is 1.09. The second-order valence-electron chi connectivity index (χ2n) is 14.3. The Morgan fingerprint density at radius 3 is 0.979 bits per heavy atom. The van der Waals surface area contributed by atoms with Crippen molar-refractivity contribution in [1.29, 1.82) is 0 Å². The summed E-state index contributed by atoms with van der Waals surface area (Å²) in [5.41, 5.74) is 14.6. The molecular weight excluding hydrogens is 577 g/mol. The Kier molecular flexibility index (Phi) is 4.76. The average molecular weight is 607 g/mol. The molecular formula is C48H30. The van der Waals surface area contributed by atoms with Gasteiger partial charge in [-0.25, -0.2) is 0 Å². The van der Waals surface area contributed by atoms with Crippen LogP contribution in [0.25, 0.3) is 98.0 Å². The first-order valence-electron chi connectivity index (χ1n) is 17.4. The van der Waals surface area contributed by atoms with Crippen molar-refractivity contribution in [3.8, 4) is 33.4 Å². The quantitative estimate of drug-likeness (QED) is 0.172. The molecule has 0 bridgehead atoms. The van der Waals surface area contributed by atoms with Crippen LogP contribution in [0.15, 0.2) is 133 Å². The van der Waals surface area contributed by atoms with Crippen LogP contribution in [-0.2, 0) is 25.7 Å². The molecule has 2 aliphatic rings. The smallest absolute Gasteiger partial charge is 0.00206 e. The Morgan fingerprint density at radius 2 is 0.604 bits per heavy atom. The summed E-state index contributed by atoms with van der Waals surface area (Å²) in [5.74, 6) is 0. The molecule has 12 rings (SSSR count). The lowest BCUT2D eigenvalue weighted by Crippen LogP contribution is -2.14. The number of hydrogen-bond acceptors (Lipinski definition) is 0. The van der Waals surface area contributed by atoms with Gasteiger partial charge in [-0.2, -0.15) is 0 Å². The SMILES string of the molecule is c1cc2ccc3ccc(-c4cc5c6c(c4)CCc4cc(-c7ccc8ccc9cccc%10ccc7c8c9%10)cc(c4-6)CC5)c4ccc(c1)c2c34. The van der Waals surface area contributed by atoms with Crippen molar-refractivity contribution >= 4 is 64.6 Å². The summed E-state index contributed by atoms with van der Waals surface area (Å²) in [7, 11) is 0. The van der Waals surface area contributed by atoms with Gasteiger partial charge in [-0.1, -0.05) is 133 Å². The van der Waals surface area contributed by atoms with Gasteiger partial charge in [-0.15, -0.1) is 0 Å². The van der Waals surface area contributed by atoms with Crippen molar-refractivity contribution in [1.82, 2.24) is 0 Å². The summed E-state index contributed by atoms with van der Waals surface area (Å²) in [4.78, 5) is 0. The zero-order valence-electron chi connectivity index (χ0n) is 26.5. The van der Waals surface area contributed by atoms with Crippen molar-refractivity contribution in [2.24, 2.45) is 0 Å². The van der Waals surface area contributed by atoms with Gasteiger partial charge in [0.25, 0.3) is 0 Å². The largest absolute Gasteiger partial charge is 0.0610 e. The number of hydrogen-bond donors (Lipinski definition) is 0. The molecule has 0 atom stereocenters. The Hall–Kier alpha value is -5.72. The van der Waals surface area contributed by atoms with Gasteiger partial charge in [0.1, 0.15) is 0 Å². The van der Waals surface area contributed by atoms with Crippen LogP contribution >= 0.6 is 0 Å². The van der Waals surface area contributed by atoms with Gasteiger partial charge < -0.3 is 0 Å². The lowest BCUT2D eigenvalue weighted by molar-refractivity contribution is 0.878. The maximum Gasteiger partial charge on any atom is -0.00206 e. The van der Waals surface area contributed by atoms with E-state index in [9.17, 15) is 0 Å². The lowest BCUT2D eigenvalue weighted by atomic mass is 9.73. The molecule has 0 saturated heterocycles. The summed E-state index contributed by atoms with van der Waals surface area (Å²) in [6.45, 7) is 0. The first kappa shape index (κ1) is 25.4. The predicted molar refractivity (Wildman–Crippen MR) is 205 cm³/mol. The van der Waals surface area contributed by atoms with Crippen molar-refractivity contribution in [2.75, 3.05) is 0 Å². The second-order valence-corrected chi connectivity index (χ2v) is 14.3. The first-order valence-corrected chi connectivity index (χ1v) is 17.4. The van der Waals surface area contributed by atoms with E-state index in [0.29, 0.717) is 0 Å². The van der Waals surface area contributed by atoms with Gasteiger partial charge in [0, 0.05) is 0 Å². The third kappa shape index (κ3) is 3.25. The lowest BCUT2D eigenvalue weighted by Gasteiger charge is -2.31. The fraction of sp³-hybridized carbons (Fsp3) is 0.0833. The minimum Gasteiger partial charge on any atom is -0.0610 e. The summed E-state index contributed by atoms with van der Waals surface area (Å²) >= 11 is 0. The molecule has 0 aliphatic heterocycles. The molecule has 10 aromatic rings. The molecule has 2 aliphatic carbocycles. The molecule has 0 radical (unpaired) electrons. The second kappa shape index (κ2) is 9.00. The predicted octanol–water partition coefficient (Wildman–Crippen LogP) is 12.7. The molecule has 0 aromatic heterocycles. The van der Waals surface area contributed by atoms with Gasteiger partial charge >= 0.3 is 0 Å². The number of rotatable bonds is 2. The van der Waals surface area contributed by atoms with Crippen molar-refractivity contribution < 1.29 is 0 Å². The van der Waals surface area contributed by atoms with Gasteiger partial charge in [0.05, 0.1) is 0 Å². The van der Waals surface area contributed by atoms with Crippen molar-refractivity contribution in [2.45, 2.75) is 25.7 Å². The Balaban J connectivity index is 1.03. The maximum absolute atomic E-state index is 2.53. The van der Waals surface area contributed by atoms with Gasteiger partial charge in [0.2, 0.25) is 0 Å². The van der Waals surface area contributed by atoms with E-state index < -0.39 is 0 Å². The van der Waals surface area contributed by atoms with Crippen LogP contribution in [0.5, 0.6) is 0 Å². The van der Waals surface area contributed by atoms with E-state index in [0.717, 1.165) is 25.7 Å². The molecule has 48 heavy (non-hydrogen) atoms. The van der Waals surface area contributed by atoms with Crippen LogP contribution in [-0.4, -0.2) is 0 Å². The highest BCUT2D eigenvalue weighted by Crippen LogP contribution is 2.48. The molecule has 0 nitrogen and oxygen atoms in total. The van der Waals surface area contributed by atoms with Crippen LogP contribution in [0.2, 0.25) is 0 Å². The van der Waals surface area contributed by atoms with Gasteiger partial charge in [-0.3, -0.25) is 0 Å². The Bertz CT molecular complexity index is 2700. The van der Waals surface area contributed by atoms with Gasteiger partial charge in [0.15, 0.2) is 0 Å². The summed E-state index contributed by atoms with van der Waals surface area (Å²) in [5, 5.41) is 16.3. The Labute approximate surface area is 278 Å². The van der Waals surface area contributed by atoms with E-state index in [1.54, 1.807) is 0 Å². The van der Waals surface area contributed by atoms with E-state index in [1.807, 2.05) is 0 Å². The van der Waals surface area contributed by atoms with Crippen molar-refractivity contribution in [3.05, 3.63) is 156 Å². The van der Waals surface area contributed by atoms with Crippen LogP contribution in [0.1, 0.15) is 22.3 Å². The molecule has 0 heteroatoms. The minimum atomic E-state index is 1.09. The number of aryl methyl sites for hydroxylation is 4. The number of benzene rings is 10. The standard InChI is InChI=1S/C48H30/c1-3-27-7-9-31-15-19-39(41-21-17-29(5-1)43(27)47(31)41)37-23-33-11-13-35-25-38(26-36-14-12-34(24-37)45(33)46(35)36)40-20-16-32-10-8-28-4-2-6-30-18-22-42(40)48(32)44(28)30/h1-10,15-26H,11-14H2. The topological polar surface area (TPSA) is 0 Å². The fourth-order valence-electron chi connectivity index (χ4n) is 9.79. The van der Waals surface area contributed by atoms with Crippen LogP contribution < -0.4 is 0 Å². The highest BCUT2D eigenvalue weighted by atomic mass is 14.3. The molecule has 0 amide bonds. The molecule has 222 valence electrons. The monoisotopic (exact) mass is 606 g/mol. The molecule has 0 spiro atoms. The van der Waals surface area contributed by atoms with Crippen LogP contribution in [0, 0.1) is 0 Å². The highest BCUT2D eigenvalue weighted by Gasteiger charge is 2.28. The summed E-state index contributed by atoms with van der Waals surface area (Å²) in [6, 6.07) is 51.4. The van der Waals surface area contributed by atoms with E-state index in [1.165, 1.54) is 120 Å². The van der Waals surface area contributed by atoms with E-state index >= 15 is 0 Å².